The molecule has 1 unspecified atom stereocenters. The predicted molar refractivity (Wildman–Crippen MR) is 143 cm³/mol. The summed E-state index contributed by atoms with van der Waals surface area (Å²) in [4.78, 5) is 44.5. The number of hydrogen-bond donors (Lipinski definition) is 1. The van der Waals surface area contributed by atoms with Crippen molar-refractivity contribution in [3.05, 3.63) is 58.8 Å². The molecule has 0 saturated carbocycles. The number of esters is 1. The number of carbonyl (C=O) groups excluding carboxylic acids is 3. The van der Waals surface area contributed by atoms with Crippen molar-refractivity contribution >= 4 is 45.3 Å². The number of fused-ring (bicyclic) bond motifs is 1. The fraction of sp³-hybridized carbons (Fsp3) is 0.269. The van der Waals surface area contributed by atoms with Crippen LogP contribution in [-0.2, 0) is 14.3 Å². The van der Waals surface area contributed by atoms with Crippen molar-refractivity contribution in [2.24, 2.45) is 10.1 Å². The normalized spacial score (nSPS) is 17.7. The topological polar surface area (TPSA) is 128 Å². The summed E-state index contributed by atoms with van der Waals surface area (Å²) in [6.45, 7) is 3.11. The Balaban J connectivity index is 1.83. The molecule has 2 aromatic rings. The van der Waals surface area contributed by atoms with Crippen molar-refractivity contribution in [2.75, 3.05) is 33.9 Å². The van der Waals surface area contributed by atoms with Crippen LogP contribution in [-0.4, -0.2) is 61.2 Å². The summed E-state index contributed by atoms with van der Waals surface area (Å²) in [7, 11) is 5.67. The Morgan fingerprint density at radius 3 is 2.37 bits per heavy atom. The Kier molecular flexibility index (Phi) is 7.72. The number of ether oxygens (including phenoxy) is 4. The van der Waals surface area contributed by atoms with Crippen molar-refractivity contribution in [1.29, 1.82) is 0 Å². The molecule has 4 rings (SSSR count). The number of hydrogen-bond acceptors (Lipinski definition) is 11. The number of amidine groups is 1. The number of rotatable bonds is 8. The van der Waals surface area contributed by atoms with E-state index in [1.807, 2.05) is 0 Å². The smallest absolute Gasteiger partial charge is 0.338 e. The summed E-state index contributed by atoms with van der Waals surface area (Å²) in [6, 6.07) is 9.24. The molecule has 2 heterocycles. The largest absolute Gasteiger partial charge is 0.493 e. The van der Waals surface area contributed by atoms with Gasteiger partial charge in [0, 0.05) is 11.1 Å². The number of amides is 1. The molecule has 12 heteroatoms. The average Bonchev–Trinajstić information content (AvgIpc) is 3.24. The Morgan fingerprint density at radius 2 is 1.74 bits per heavy atom. The Bertz CT molecular complexity index is 1420. The van der Waals surface area contributed by atoms with Gasteiger partial charge >= 0.3 is 5.97 Å². The lowest BCUT2D eigenvalue weighted by molar-refractivity contribution is -0.137. The molecule has 0 spiro atoms. The maximum absolute atomic E-state index is 13.7. The number of ketones is 1. The number of Topliss-reactive ketones (excluding diaryl/α,β-unsaturated/α-hetero) is 1. The number of anilines is 1. The number of allylic oxidation sites excluding steroid dienone is 1. The quantitative estimate of drug-likeness (QED) is 0.303. The van der Waals surface area contributed by atoms with E-state index in [1.165, 1.54) is 40.3 Å². The summed E-state index contributed by atoms with van der Waals surface area (Å²) in [5.74, 6) is -0.307. The van der Waals surface area contributed by atoms with Gasteiger partial charge < -0.3 is 18.9 Å². The molecule has 38 heavy (non-hydrogen) atoms. The van der Waals surface area contributed by atoms with Gasteiger partial charge in [-0.3, -0.25) is 19.9 Å². The van der Waals surface area contributed by atoms with E-state index in [0.717, 1.165) is 11.8 Å². The second-order valence-electron chi connectivity index (χ2n) is 8.12. The zero-order valence-electron chi connectivity index (χ0n) is 21.6. The minimum absolute atomic E-state index is 0.0745. The van der Waals surface area contributed by atoms with Gasteiger partial charge in [-0.25, -0.2) is 9.79 Å². The zero-order chi connectivity index (χ0) is 27.6. The number of thioether (sulfide) groups is 1. The van der Waals surface area contributed by atoms with E-state index in [0.29, 0.717) is 39.2 Å². The van der Waals surface area contributed by atoms with Crippen LogP contribution in [0, 0.1) is 0 Å². The van der Waals surface area contributed by atoms with Gasteiger partial charge in [0.2, 0.25) is 5.75 Å². The number of nitrogens with zero attached hydrogens (tertiary/aromatic N) is 3. The minimum Gasteiger partial charge on any atom is -0.493 e. The van der Waals surface area contributed by atoms with E-state index in [1.54, 1.807) is 43.3 Å². The van der Waals surface area contributed by atoms with Gasteiger partial charge in [-0.2, -0.15) is 5.10 Å². The van der Waals surface area contributed by atoms with Crippen LogP contribution in [0.1, 0.15) is 35.8 Å². The van der Waals surface area contributed by atoms with Gasteiger partial charge in [-0.1, -0.05) is 12.1 Å². The first-order valence-electron chi connectivity index (χ1n) is 11.4. The van der Waals surface area contributed by atoms with Gasteiger partial charge in [-0.05, 0) is 49.9 Å². The predicted octanol–water partition coefficient (Wildman–Crippen LogP) is 3.77. The van der Waals surface area contributed by atoms with Crippen LogP contribution in [0.5, 0.6) is 17.2 Å². The van der Waals surface area contributed by atoms with Crippen molar-refractivity contribution in [3.8, 4) is 17.2 Å². The zero-order valence-corrected chi connectivity index (χ0v) is 22.5. The molecule has 0 aliphatic carbocycles. The van der Waals surface area contributed by atoms with Crippen LogP contribution in [0.15, 0.2) is 57.8 Å². The molecule has 2 aromatic carbocycles. The van der Waals surface area contributed by atoms with Gasteiger partial charge in [0.05, 0.1) is 45.4 Å². The number of aliphatic imine (C=N–C) groups is 1. The first kappa shape index (κ1) is 26.7. The molecule has 11 nitrogen and oxygen atoms in total. The highest BCUT2D eigenvalue weighted by atomic mass is 32.2. The fourth-order valence-corrected chi connectivity index (χ4v) is 5.20. The van der Waals surface area contributed by atoms with Crippen LogP contribution in [0.3, 0.4) is 0 Å². The van der Waals surface area contributed by atoms with E-state index in [-0.39, 0.29) is 22.1 Å². The van der Waals surface area contributed by atoms with Crippen molar-refractivity contribution < 1.29 is 33.3 Å². The molecule has 1 N–H and O–H groups in total. The van der Waals surface area contributed by atoms with Crippen LogP contribution in [0.2, 0.25) is 0 Å². The van der Waals surface area contributed by atoms with Gasteiger partial charge in [-0.15, -0.1) is 0 Å². The first-order chi connectivity index (χ1) is 18.3. The average molecular weight is 539 g/mol. The van der Waals surface area contributed by atoms with E-state index >= 15 is 0 Å². The third-order valence-electron chi connectivity index (χ3n) is 6.00. The molecule has 0 bridgehead atoms. The van der Waals surface area contributed by atoms with Crippen LogP contribution < -0.4 is 19.6 Å². The SMILES string of the molecule is COC(=O)C1=C(C)N=C2S/C(=N\Nc3ccccc3C(C)=O)C(=O)N2C1c1ccc(OC)c(OC)c1OC. The minimum atomic E-state index is -0.957. The molecular weight excluding hydrogens is 512 g/mol. The van der Waals surface area contributed by atoms with Gasteiger partial charge in [0.15, 0.2) is 27.5 Å². The Hall–Kier alpha value is -4.32. The molecule has 0 radical (unpaired) electrons. The highest BCUT2D eigenvalue weighted by Crippen LogP contribution is 2.49. The third-order valence-corrected chi connectivity index (χ3v) is 6.93. The number of hydrazone groups is 1. The summed E-state index contributed by atoms with van der Waals surface area (Å²) in [5, 5.41) is 4.68. The molecule has 198 valence electrons. The van der Waals surface area contributed by atoms with Gasteiger partial charge in [0.1, 0.15) is 6.04 Å². The highest BCUT2D eigenvalue weighted by Gasteiger charge is 2.48. The summed E-state index contributed by atoms with van der Waals surface area (Å²) in [5.41, 5.74) is 4.70. The molecule has 2 aliphatic heterocycles. The lowest BCUT2D eigenvalue weighted by Gasteiger charge is -2.33. The Labute approximate surface area is 223 Å². The van der Waals surface area contributed by atoms with Crippen molar-refractivity contribution in [2.45, 2.75) is 19.9 Å². The van der Waals surface area contributed by atoms with Crippen LogP contribution >= 0.6 is 11.8 Å². The maximum atomic E-state index is 13.7. The van der Waals surface area contributed by atoms with E-state index in [9.17, 15) is 14.4 Å². The summed E-state index contributed by atoms with van der Waals surface area (Å²) < 4.78 is 21.7. The molecular formula is C26H26N4O7S. The molecule has 1 saturated heterocycles. The van der Waals surface area contributed by atoms with Crippen LogP contribution in [0.25, 0.3) is 0 Å². The molecule has 0 aromatic heterocycles. The third kappa shape index (κ3) is 4.58. The van der Waals surface area contributed by atoms with Crippen LogP contribution in [0.4, 0.5) is 5.69 Å². The number of para-hydroxylation sites is 1. The molecule has 1 fully saturated rings. The molecule has 1 atom stereocenters. The number of methoxy groups -OCH3 is 4. The summed E-state index contributed by atoms with van der Waals surface area (Å²) >= 11 is 1.04. The second-order valence-corrected chi connectivity index (χ2v) is 9.07. The fourth-order valence-electron chi connectivity index (χ4n) is 4.28. The summed E-state index contributed by atoms with van der Waals surface area (Å²) in [6.07, 6.45) is 0. The maximum Gasteiger partial charge on any atom is 0.338 e. The molecule has 1 amide bonds. The van der Waals surface area contributed by atoms with E-state index < -0.39 is 17.9 Å². The number of carbonyl (C=O) groups is 3. The lowest BCUT2D eigenvalue weighted by Crippen LogP contribution is -2.40. The van der Waals surface area contributed by atoms with Gasteiger partial charge in [0.25, 0.3) is 5.91 Å². The van der Waals surface area contributed by atoms with E-state index in [4.69, 9.17) is 18.9 Å². The van der Waals surface area contributed by atoms with Crippen molar-refractivity contribution in [1.82, 2.24) is 4.90 Å². The standard InChI is InChI=1S/C26H26N4O7S/c1-13-19(25(33)37-6)20(16-11-12-18(34-3)22(36-5)21(16)35-4)30-24(32)23(38-26(30)27-13)29-28-17-10-8-7-9-15(17)14(2)31/h7-12,20,28H,1-6H3/b29-23-. The molecule has 2 aliphatic rings. The second kappa shape index (κ2) is 11.0. The first-order valence-corrected chi connectivity index (χ1v) is 12.2. The lowest BCUT2D eigenvalue weighted by atomic mass is 9.93. The number of benzene rings is 2. The van der Waals surface area contributed by atoms with Crippen molar-refractivity contribution in [3.63, 3.8) is 0 Å². The number of nitrogens with one attached hydrogen (secondary N) is 1. The van der Waals surface area contributed by atoms with E-state index in [2.05, 4.69) is 15.5 Å². The monoisotopic (exact) mass is 538 g/mol. The Morgan fingerprint density at radius 1 is 1.03 bits per heavy atom. The highest BCUT2D eigenvalue weighted by molar-refractivity contribution is 8.29.